The molecule has 0 saturated heterocycles. The molecular weight excluding hydrogens is 240 g/mol. The van der Waals surface area contributed by atoms with E-state index in [1.54, 1.807) is 6.20 Å². The summed E-state index contributed by atoms with van der Waals surface area (Å²) in [5, 5.41) is 1.48. The molecule has 2 aromatic rings. The number of rotatable bonds is 3. The molecule has 2 aromatic heterocycles. The Morgan fingerprint density at radius 2 is 2.18 bits per heavy atom. The molecule has 0 aliphatic carbocycles. The molecular formula is C10H10N4O2S. The molecule has 0 aromatic carbocycles. The third-order valence-electron chi connectivity index (χ3n) is 2.00. The van der Waals surface area contributed by atoms with Crippen molar-refractivity contribution >= 4 is 17.7 Å². The molecule has 0 saturated carbocycles. The molecule has 6 nitrogen and oxygen atoms in total. The molecule has 17 heavy (non-hydrogen) atoms. The second kappa shape index (κ2) is 4.96. The van der Waals surface area contributed by atoms with Gasteiger partial charge in [-0.2, -0.15) is 0 Å². The first-order valence-electron chi connectivity index (χ1n) is 4.76. The number of nitrogens with zero attached hydrogens (tertiary/aromatic N) is 4. The van der Waals surface area contributed by atoms with Crippen LogP contribution in [-0.4, -0.2) is 32.6 Å². The number of ether oxygens (including phenoxy) is 1. The van der Waals surface area contributed by atoms with Gasteiger partial charge in [-0.15, -0.1) is 0 Å². The zero-order chi connectivity index (χ0) is 12.3. The van der Waals surface area contributed by atoms with Crippen LogP contribution in [0.5, 0.6) is 0 Å². The van der Waals surface area contributed by atoms with Crippen LogP contribution < -0.4 is 0 Å². The number of aromatic nitrogens is 4. The number of imidazole rings is 1. The SMILES string of the molecule is COC(=O)c1cnc(Sc2nccn2C)cn1. The second-order valence-corrected chi connectivity index (χ2v) is 4.14. The summed E-state index contributed by atoms with van der Waals surface area (Å²) >= 11 is 1.38. The van der Waals surface area contributed by atoms with Crippen LogP contribution in [-0.2, 0) is 11.8 Å². The Hall–Kier alpha value is -1.89. The predicted molar refractivity (Wildman–Crippen MR) is 60.7 cm³/mol. The highest BCUT2D eigenvalue weighted by atomic mass is 32.2. The highest BCUT2D eigenvalue weighted by Gasteiger charge is 2.09. The zero-order valence-electron chi connectivity index (χ0n) is 9.32. The van der Waals surface area contributed by atoms with Crippen LogP contribution in [0.2, 0.25) is 0 Å². The number of carbonyl (C=O) groups is 1. The topological polar surface area (TPSA) is 69.9 Å². The van der Waals surface area contributed by atoms with Gasteiger partial charge in [0.25, 0.3) is 0 Å². The Balaban J connectivity index is 2.14. The van der Waals surface area contributed by atoms with Crippen molar-refractivity contribution in [3.05, 3.63) is 30.5 Å². The maximum absolute atomic E-state index is 11.1. The van der Waals surface area contributed by atoms with Crippen LogP contribution in [0, 0.1) is 0 Å². The molecule has 0 aliphatic heterocycles. The van der Waals surface area contributed by atoms with Crippen molar-refractivity contribution in [3.8, 4) is 0 Å². The fourth-order valence-electron chi connectivity index (χ4n) is 1.12. The van der Waals surface area contributed by atoms with E-state index in [0.717, 1.165) is 5.16 Å². The van der Waals surface area contributed by atoms with Crippen LogP contribution in [0.25, 0.3) is 0 Å². The van der Waals surface area contributed by atoms with Gasteiger partial charge in [-0.25, -0.2) is 19.7 Å². The first-order valence-corrected chi connectivity index (χ1v) is 5.58. The van der Waals surface area contributed by atoms with Gasteiger partial charge in [-0.1, -0.05) is 0 Å². The number of hydrogen-bond acceptors (Lipinski definition) is 6. The largest absolute Gasteiger partial charge is 0.464 e. The molecule has 7 heteroatoms. The third-order valence-corrected chi connectivity index (χ3v) is 2.99. The van der Waals surface area contributed by atoms with Crippen molar-refractivity contribution in [2.45, 2.75) is 10.2 Å². The summed E-state index contributed by atoms with van der Waals surface area (Å²) in [6.45, 7) is 0. The Morgan fingerprint density at radius 3 is 2.71 bits per heavy atom. The van der Waals surface area contributed by atoms with E-state index < -0.39 is 5.97 Å². The molecule has 0 N–H and O–H groups in total. The molecule has 88 valence electrons. The maximum Gasteiger partial charge on any atom is 0.358 e. The Morgan fingerprint density at radius 1 is 1.35 bits per heavy atom. The molecule has 0 amide bonds. The molecule has 2 rings (SSSR count). The van der Waals surface area contributed by atoms with E-state index >= 15 is 0 Å². The fourth-order valence-corrected chi connectivity index (χ4v) is 1.84. The van der Waals surface area contributed by atoms with E-state index in [4.69, 9.17) is 0 Å². The highest BCUT2D eigenvalue weighted by Crippen LogP contribution is 2.22. The van der Waals surface area contributed by atoms with Crippen LogP contribution in [0.15, 0.2) is 35.0 Å². The van der Waals surface area contributed by atoms with Crippen LogP contribution in [0.3, 0.4) is 0 Å². The van der Waals surface area contributed by atoms with E-state index in [9.17, 15) is 4.79 Å². The van der Waals surface area contributed by atoms with Gasteiger partial charge in [0.15, 0.2) is 10.9 Å². The monoisotopic (exact) mass is 250 g/mol. The summed E-state index contributed by atoms with van der Waals surface area (Å²) in [4.78, 5) is 23.4. The van der Waals surface area contributed by atoms with E-state index in [2.05, 4.69) is 19.7 Å². The van der Waals surface area contributed by atoms with Gasteiger partial charge in [-0.3, -0.25) is 0 Å². The average molecular weight is 250 g/mol. The summed E-state index contributed by atoms with van der Waals surface area (Å²) in [7, 11) is 3.20. The molecule has 2 heterocycles. The van der Waals surface area contributed by atoms with Crippen molar-refractivity contribution in [2.24, 2.45) is 7.05 Å². The van der Waals surface area contributed by atoms with E-state index in [1.807, 2.05) is 17.8 Å². The van der Waals surface area contributed by atoms with Gasteiger partial charge in [0.2, 0.25) is 0 Å². The van der Waals surface area contributed by atoms with Crippen molar-refractivity contribution < 1.29 is 9.53 Å². The minimum Gasteiger partial charge on any atom is -0.464 e. The highest BCUT2D eigenvalue weighted by molar-refractivity contribution is 7.99. The summed E-state index contributed by atoms with van der Waals surface area (Å²) < 4.78 is 6.41. The van der Waals surface area contributed by atoms with Crippen molar-refractivity contribution in [2.75, 3.05) is 7.11 Å². The Kier molecular flexibility index (Phi) is 3.38. The summed E-state index contributed by atoms with van der Waals surface area (Å²) in [5.41, 5.74) is 0.191. The molecule has 0 atom stereocenters. The van der Waals surface area contributed by atoms with E-state index in [0.29, 0.717) is 5.03 Å². The zero-order valence-corrected chi connectivity index (χ0v) is 10.1. The smallest absolute Gasteiger partial charge is 0.358 e. The Labute approximate surface area is 102 Å². The average Bonchev–Trinajstić information content (AvgIpc) is 2.75. The van der Waals surface area contributed by atoms with Gasteiger partial charge in [0.05, 0.1) is 19.5 Å². The number of carbonyl (C=O) groups excluding carboxylic acids is 1. The van der Waals surface area contributed by atoms with E-state index in [-0.39, 0.29) is 5.69 Å². The van der Waals surface area contributed by atoms with Crippen LogP contribution in [0.1, 0.15) is 10.5 Å². The lowest BCUT2D eigenvalue weighted by atomic mass is 10.5. The van der Waals surface area contributed by atoms with Crippen LogP contribution in [0.4, 0.5) is 0 Å². The fraction of sp³-hybridized carbons (Fsp3) is 0.200. The van der Waals surface area contributed by atoms with Gasteiger partial charge < -0.3 is 9.30 Å². The lowest BCUT2D eigenvalue weighted by Gasteiger charge is -2.01. The number of methoxy groups -OCH3 is 1. The Bertz CT molecular complexity index is 523. The number of aryl methyl sites for hydroxylation is 1. The number of esters is 1. The third kappa shape index (κ3) is 2.62. The number of hydrogen-bond donors (Lipinski definition) is 0. The lowest BCUT2D eigenvalue weighted by molar-refractivity contribution is 0.0593. The molecule has 0 fully saturated rings. The lowest BCUT2D eigenvalue weighted by Crippen LogP contribution is -2.04. The standard InChI is InChI=1S/C10H10N4O2S/c1-14-4-3-11-10(14)17-8-6-12-7(5-13-8)9(15)16-2/h3-6H,1-2H3. The minimum atomic E-state index is -0.494. The molecule has 0 bridgehead atoms. The second-order valence-electron chi connectivity index (χ2n) is 3.15. The van der Waals surface area contributed by atoms with Crippen molar-refractivity contribution in [1.82, 2.24) is 19.5 Å². The molecule has 0 unspecified atom stereocenters. The predicted octanol–water partition coefficient (Wildman–Crippen LogP) is 1.15. The van der Waals surface area contributed by atoms with Crippen molar-refractivity contribution in [3.63, 3.8) is 0 Å². The quantitative estimate of drug-likeness (QED) is 0.761. The first-order chi connectivity index (χ1) is 8.20. The van der Waals surface area contributed by atoms with Gasteiger partial charge >= 0.3 is 5.97 Å². The first kappa shape index (κ1) is 11.6. The summed E-state index contributed by atoms with van der Waals surface area (Å²) in [6.07, 6.45) is 6.46. The summed E-state index contributed by atoms with van der Waals surface area (Å²) in [6, 6.07) is 0. The van der Waals surface area contributed by atoms with Gasteiger partial charge in [0, 0.05) is 19.4 Å². The normalized spacial score (nSPS) is 10.2. The van der Waals surface area contributed by atoms with Gasteiger partial charge in [0.1, 0.15) is 5.03 Å². The maximum atomic E-state index is 11.1. The summed E-state index contributed by atoms with van der Waals surface area (Å²) in [5.74, 6) is -0.494. The van der Waals surface area contributed by atoms with E-state index in [1.165, 1.54) is 31.3 Å². The minimum absolute atomic E-state index is 0.191. The molecule has 0 aliphatic rings. The van der Waals surface area contributed by atoms with Crippen LogP contribution >= 0.6 is 11.8 Å². The molecule has 0 spiro atoms. The van der Waals surface area contributed by atoms with Crippen molar-refractivity contribution in [1.29, 1.82) is 0 Å². The molecule has 0 radical (unpaired) electrons. The van der Waals surface area contributed by atoms with Gasteiger partial charge in [-0.05, 0) is 11.8 Å².